The fourth-order valence-corrected chi connectivity index (χ4v) is 3.01. The molecule has 0 spiro atoms. The van der Waals surface area contributed by atoms with Crippen molar-refractivity contribution in [1.82, 2.24) is 9.97 Å². The van der Waals surface area contributed by atoms with Crippen molar-refractivity contribution in [2.24, 2.45) is 0 Å². The molecule has 0 atom stereocenters. The highest BCUT2D eigenvalue weighted by Crippen LogP contribution is 2.41. The highest BCUT2D eigenvalue weighted by molar-refractivity contribution is 5.45. The fourth-order valence-electron chi connectivity index (χ4n) is 3.01. The van der Waals surface area contributed by atoms with Gasteiger partial charge in [-0.2, -0.15) is 0 Å². The standard InChI is InChI=1S/C15H25N3O/c1-5-12-11(3)13(16-4)18-14(17-12)15(19-6-2)9-7-8-10-15/h5-10H2,1-4H3,(H,16,17,18). The second kappa shape index (κ2) is 5.87. The Bertz CT molecular complexity index is 414. The third kappa shape index (κ3) is 2.59. The van der Waals surface area contributed by atoms with Gasteiger partial charge in [-0.15, -0.1) is 0 Å². The monoisotopic (exact) mass is 263 g/mol. The summed E-state index contributed by atoms with van der Waals surface area (Å²) in [6.07, 6.45) is 5.41. The van der Waals surface area contributed by atoms with Crippen molar-refractivity contribution in [3.05, 3.63) is 17.1 Å². The number of hydrogen-bond donors (Lipinski definition) is 1. The van der Waals surface area contributed by atoms with Crippen molar-refractivity contribution in [2.45, 2.75) is 58.5 Å². The van der Waals surface area contributed by atoms with E-state index in [1.165, 1.54) is 12.8 Å². The van der Waals surface area contributed by atoms with Crippen LogP contribution < -0.4 is 5.32 Å². The molecule has 1 saturated carbocycles. The Kier molecular flexibility index (Phi) is 4.40. The third-order valence-corrected chi connectivity index (χ3v) is 4.06. The molecule has 0 aliphatic heterocycles. The minimum Gasteiger partial charge on any atom is -0.373 e. The summed E-state index contributed by atoms with van der Waals surface area (Å²) < 4.78 is 6.06. The van der Waals surface area contributed by atoms with Gasteiger partial charge in [-0.3, -0.25) is 0 Å². The van der Waals surface area contributed by atoms with Crippen molar-refractivity contribution >= 4 is 5.82 Å². The SMILES string of the molecule is CCOC1(c2nc(CC)c(C)c(NC)n2)CCCC1. The van der Waals surface area contributed by atoms with Crippen LogP contribution in [-0.2, 0) is 16.8 Å². The van der Waals surface area contributed by atoms with Crippen LogP contribution in [0, 0.1) is 6.92 Å². The van der Waals surface area contributed by atoms with Gasteiger partial charge in [0, 0.05) is 24.9 Å². The van der Waals surface area contributed by atoms with E-state index >= 15 is 0 Å². The Labute approximate surface area is 116 Å². The van der Waals surface area contributed by atoms with Crippen LogP contribution in [-0.4, -0.2) is 23.6 Å². The van der Waals surface area contributed by atoms with Crippen LogP contribution in [0.2, 0.25) is 0 Å². The second-order valence-electron chi connectivity index (χ2n) is 5.21. The largest absolute Gasteiger partial charge is 0.373 e. The van der Waals surface area contributed by atoms with Gasteiger partial charge in [0.05, 0.1) is 0 Å². The summed E-state index contributed by atoms with van der Waals surface area (Å²) in [4.78, 5) is 9.52. The van der Waals surface area contributed by atoms with Crippen molar-refractivity contribution in [3.8, 4) is 0 Å². The molecule has 1 N–H and O–H groups in total. The van der Waals surface area contributed by atoms with E-state index in [1.54, 1.807) is 0 Å². The van der Waals surface area contributed by atoms with Crippen molar-refractivity contribution < 1.29 is 4.74 Å². The van der Waals surface area contributed by atoms with Gasteiger partial charge in [0.15, 0.2) is 5.82 Å². The molecule has 0 amide bonds. The Balaban J connectivity index is 2.48. The average Bonchev–Trinajstić information content (AvgIpc) is 2.89. The maximum atomic E-state index is 6.06. The number of nitrogens with zero attached hydrogens (tertiary/aromatic N) is 2. The Morgan fingerprint density at radius 1 is 1.21 bits per heavy atom. The maximum absolute atomic E-state index is 6.06. The van der Waals surface area contributed by atoms with E-state index < -0.39 is 0 Å². The molecule has 0 bridgehead atoms. The molecule has 0 saturated heterocycles. The molecule has 0 unspecified atom stereocenters. The van der Waals surface area contributed by atoms with E-state index in [0.29, 0.717) is 6.61 Å². The predicted molar refractivity (Wildman–Crippen MR) is 77.5 cm³/mol. The molecule has 4 heteroatoms. The van der Waals surface area contributed by atoms with Crippen molar-refractivity contribution in [1.29, 1.82) is 0 Å². The molecule has 2 rings (SSSR count). The lowest BCUT2D eigenvalue weighted by Crippen LogP contribution is -2.30. The molecule has 0 aromatic carbocycles. The summed E-state index contributed by atoms with van der Waals surface area (Å²) >= 11 is 0. The van der Waals surface area contributed by atoms with Crippen LogP contribution in [0.5, 0.6) is 0 Å². The van der Waals surface area contributed by atoms with Crippen molar-refractivity contribution in [2.75, 3.05) is 19.0 Å². The van der Waals surface area contributed by atoms with Crippen LogP contribution >= 0.6 is 0 Å². The number of hydrogen-bond acceptors (Lipinski definition) is 4. The summed E-state index contributed by atoms with van der Waals surface area (Å²) in [5, 5.41) is 3.19. The molecule has 106 valence electrons. The van der Waals surface area contributed by atoms with Gasteiger partial charge >= 0.3 is 0 Å². The minimum absolute atomic E-state index is 0.252. The second-order valence-corrected chi connectivity index (χ2v) is 5.21. The summed E-state index contributed by atoms with van der Waals surface area (Å²) in [5.74, 6) is 1.81. The van der Waals surface area contributed by atoms with Gasteiger partial charge in [0.1, 0.15) is 11.4 Å². The molecule has 1 fully saturated rings. The lowest BCUT2D eigenvalue weighted by atomic mass is 10.00. The maximum Gasteiger partial charge on any atom is 0.162 e. The molecular weight excluding hydrogens is 238 g/mol. The highest BCUT2D eigenvalue weighted by atomic mass is 16.5. The lowest BCUT2D eigenvalue weighted by Gasteiger charge is -2.28. The zero-order chi connectivity index (χ0) is 13.9. The summed E-state index contributed by atoms with van der Waals surface area (Å²) in [7, 11) is 1.92. The van der Waals surface area contributed by atoms with Crippen LogP contribution in [0.25, 0.3) is 0 Å². The summed E-state index contributed by atoms with van der Waals surface area (Å²) in [6, 6.07) is 0. The van der Waals surface area contributed by atoms with Crippen LogP contribution in [0.1, 0.15) is 56.6 Å². The van der Waals surface area contributed by atoms with Crippen LogP contribution in [0.4, 0.5) is 5.82 Å². The molecule has 1 aliphatic rings. The van der Waals surface area contributed by atoms with E-state index in [9.17, 15) is 0 Å². The molecule has 1 aliphatic carbocycles. The first-order chi connectivity index (χ1) is 9.16. The quantitative estimate of drug-likeness (QED) is 0.886. The van der Waals surface area contributed by atoms with Gasteiger partial charge in [0.25, 0.3) is 0 Å². The Hall–Kier alpha value is -1.16. The van der Waals surface area contributed by atoms with E-state index in [0.717, 1.165) is 42.2 Å². The Morgan fingerprint density at radius 2 is 1.89 bits per heavy atom. The van der Waals surface area contributed by atoms with Gasteiger partial charge in [-0.25, -0.2) is 9.97 Å². The number of nitrogens with one attached hydrogen (secondary N) is 1. The van der Waals surface area contributed by atoms with Gasteiger partial charge < -0.3 is 10.1 Å². The highest BCUT2D eigenvalue weighted by Gasteiger charge is 2.39. The van der Waals surface area contributed by atoms with E-state index in [1.807, 2.05) is 14.0 Å². The average molecular weight is 263 g/mol. The molecule has 4 nitrogen and oxygen atoms in total. The smallest absolute Gasteiger partial charge is 0.162 e. The zero-order valence-corrected chi connectivity index (χ0v) is 12.5. The first kappa shape index (κ1) is 14.3. The third-order valence-electron chi connectivity index (χ3n) is 4.06. The lowest BCUT2D eigenvalue weighted by molar-refractivity contribution is -0.0457. The minimum atomic E-state index is -0.252. The zero-order valence-electron chi connectivity index (χ0n) is 12.5. The number of ether oxygens (including phenoxy) is 1. The summed E-state index contributed by atoms with van der Waals surface area (Å²) in [5.41, 5.74) is 2.02. The summed E-state index contributed by atoms with van der Waals surface area (Å²) in [6.45, 7) is 6.98. The first-order valence-corrected chi connectivity index (χ1v) is 7.36. The van der Waals surface area contributed by atoms with E-state index in [4.69, 9.17) is 14.7 Å². The number of anilines is 1. The number of aromatic nitrogens is 2. The van der Waals surface area contributed by atoms with Gasteiger partial charge in [-0.05, 0) is 46.0 Å². The molecule has 0 radical (unpaired) electrons. The first-order valence-electron chi connectivity index (χ1n) is 7.36. The predicted octanol–water partition coefficient (Wildman–Crippen LogP) is 3.19. The van der Waals surface area contributed by atoms with Crippen LogP contribution in [0.3, 0.4) is 0 Å². The molecule has 19 heavy (non-hydrogen) atoms. The van der Waals surface area contributed by atoms with Gasteiger partial charge in [-0.1, -0.05) is 6.92 Å². The van der Waals surface area contributed by atoms with Crippen LogP contribution in [0.15, 0.2) is 0 Å². The fraction of sp³-hybridized carbons (Fsp3) is 0.733. The molecule has 1 heterocycles. The number of rotatable bonds is 5. The van der Waals surface area contributed by atoms with Crippen molar-refractivity contribution in [3.63, 3.8) is 0 Å². The molecule has 1 aromatic rings. The van der Waals surface area contributed by atoms with E-state index in [2.05, 4.69) is 19.2 Å². The molecule has 1 aromatic heterocycles. The van der Waals surface area contributed by atoms with E-state index in [-0.39, 0.29) is 5.60 Å². The van der Waals surface area contributed by atoms with Gasteiger partial charge in [0.2, 0.25) is 0 Å². The Morgan fingerprint density at radius 3 is 2.42 bits per heavy atom. The molecular formula is C15H25N3O. The number of aryl methyl sites for hydroxylation is 1. The topological polar surface area (TPSA) is 47.0 Å². The normalized spacial score (nSPS) is 17.7.